The predicted molar refractivity (Wildman–Crippen MR) is 174 cm³/mol. The normalized spacial score (nSPS) is 16.2. The maximum absolute atomic E-state index is 13.7. The zero-order valence-corrected chi connectivity index (χ0v) is 27.7. The number of nitrogens with one attached hydrogen (secondary N) is 1. The van der Waals surface area contributed by atoms with Gasteiger partial charge in [-0.1, -0.05) is 43.9 Å². The molecule has 2 amide bonds. The second-order valence-electron chi connectivity index (χ2n) is 13.1. The Morgan fingerprint density at radius 1 is 1.11 bits per heavy atom. The summed E-state index contributed by atoms with van der Waals surface area (Å²) in [6.45, 7) is 11.9. The van der Waals surface area contributed by atoms with Crippen LogP contribution in [0.5, 0.6) is 0 Å². The Hall–Kier alpha value is -4.10. The van der Waals surface area contributed by atoms with E-state index in [1.54, 1.807) is 41.3 Å². The molecule has 2 aromatic carbocycles. The Morgan fingerprint density at radius 2 is 1.87 bits per heavy atom. The van der Waals surface area contributed by atoms with Gasteiger partial charge in [0.2, 0.25) is 5.91 Å². The van der Waals surface area contributed by atoms with Crippen molar-refractivity contribution in [1.82, 2.24) is 14.7 Å². The van der Waals surface area contributed by atoms with Crippen LogP contribution in [0.3, 0.4) is 0 Å². The number of piperidine rings is 1. The van der Waals surface area contributed by atoms with Gasteiger partial charge in [-0.05, 0) is 89.8 Å². The maximum Gasteiger partial charge on any atom is 0.435 e. The molecule has 0 bridgehead atoms. The third-order valence-electron chi connectivity index (χ3n) is 7.95. The van der Waals surface area contributed by atoms with Crippen LogP contribution in [-0.4, -0.2) is 57.1 Å². The zero-order chi connectivity index (χ0) is 32.9. The van der Waals surface area contributed by atoms with Crippen LogP contribution in [0.25, 0.3) is 22.0 Å². The SMILES string of the molecule is CCCCCCOC(=O)n1nc(NC(=O)[C@@H]2CCC(C)(C)N(C(=O)OC(C)(C)C)C2)c2cc(-c3cc(C#N)ccc3Cl)ccc21. The molecule has 4 rings (SSSR count). The van der Waals surface area contributed by atoms with Gasteiger partial charge in [-0.2, -0.15) is 9.94 Å². The van der Waals surface area contributed by atoms with Gasteiger partial charge in [0.15, 0.2) is 5.82 Å². The highest BCUT2D eigenvalue weighted by molar-refractivity contribution is 6.33. The van der Waals surface area contributed by atoms with E-state index >= 15 is 0 Å². The smallest absolute Gasteiger partial charge is 0.435 e. The van der Waals surface area contributed by atoms with Gasteiger partial charge in [-0.25, -0.2) is 9.59 Å². The first-order valence-electron chi connectivity index (χ1n) is 15.5. The number of aromatic nitrogens is 2. The van der Waals surface area contributed by atoms with Crippen molar-refractivity contribution in [1.29, 1.82) is 5.26 Å². The number of rotatable bonds is 8. The Labute approximate surface area is 269 Å². The lowest BCUT2D eigenvalue weighted by Gasteiger charge is -2.45. The molecule has 1 aromatic heterocycles. The summed E-state index contributed by atoms with van der Waals surface area (Å²) in [6.07, 6.45) is 3.85. The fourth-order valence-electron chi connectivity index (χ4n) is 5.38. The Balaban J connectivity index is 1.66. The molecular formula is C34H42ClN5O5. The first-order chi connectivity index (χ1) is 21.2. The van der Waals surface area contributed by atoms with E-state index < -0.39 is 29.2 Å². The molecule has 2 heterocycles. The summed E-state index contributed by atoms with van der Waals surface area (Å²) in [5, 5.41) is 17.8. The molecule has 11 heteroatoms. The highest BCUT2D eigenvalue weighted by Crippen LogP contribution is 2.35. The first kappa shape index (κ1) is 33.8. The van der Waals surface area contributed by atoms with Crippen LogP contribution in [0, 0.1) is 17.2 Å². The lowest BCUT2D eigenvalue weighted by Crippen LogP contribution is -2.56. The number of likely N-dealkylation sites (tertiary alicyclic amines) is 1. The van der Waals surface area contributed by atoms with E-state index in [4.69, 9.17) is 21.1 Å². The number of hydrogen-bond donors (Lipinski definition) is 1. The minimum Gasteiger partial charge on any atom is -0.448 e. The molecular weight excluding hydrogens is 594 g/mol. The van der Waals surface area contributed by atoms with Gasteiger partial charge in [0.1, 0.15) is 5.60 Å². The number of anilines is 1. The predicted octanol–water partition coefficient (Wildman–Crippen LogP) is 8.16. The van der Waals surface area contributed by atoms with Crippen molar-refractivity contribution in [3.05, 3.63) is 47.0 Å². The second-order valence-corrected chi connectivity index (χ2v) is 13.5. The molecule has 10 nitrogen and oxygen atoms in total. The summed E-state index contributed by atoms with van der Waals surface area (Å²) in [5.74, 6) is -0.671. The molecule has 0 radical (unpaired) electrons. The molecule has 0 saturated carbocycles. The van der Waals surface area contributed by atoms with Crippen molar-refractivity contribution in [2.45, 2.75) is 91.2 Å². The lowest BCUT2D eigenvalue weighted by molar-refractivity contribution is -0.122. The number of fused-ring (bicyclic) bond motifs is 1. The maximum atomic E-state index is 13.7. The van der Waals surface area contributed by atoms with Crippen LogP contribution in [-0.2, 0) is 14.3 Å². The minimum absolute atomic E-state index is 0.175. The number of unbranched alkanes of at least 4 members (excludes halogenated alkanes) is 3. The number of nitrogens with zero attached hydrogens (tertiary/aromatic N) is 4. The van der Waals surface area contributed by atoms with Crippen LogP contribution in [0.2, 0.25) is 5.02 Å². The molecule has 0 unspecified atom stereocenters. The fraction of sp³-hybridized carbons (Fsp3) is 0.500. The summed E-state index contributed by atoms with van der Waals surface area (Å²) in [5.41, 5.74) is 1.04. The van der Waals surface area contributed by atoms with Gasteiger partial charge >= 0.3 is 12.2 Å². The number of ether oxygens (including phenoxy) is 2. The minimum atomic E-state index is -0.675. The Bertz CT molecular complexity index is 1620. The molecule has 0 spiro atoms. The van der Waals surface area contributed by atoms with Gasteiger partial charge in [-0.15, -0.1) is 5.10 Å². The number of amides is 2. The summed E-state index contributed by atoms with van der Waals surface area (Å²) >= 11 is 6.50. The highest BCUT2D eigenvalue weighted by Gasteiger charge is 2.41. The number of halogens is 1. The standard InChI is InChI=1S/C34H42ClN5O5/c1-7-8-9-10-17-44-32(43)40-28-14-12-23(25-18-22(20-36)11-13-27(25)35)19-26(28)29(38-40)37-30(41)24-15-16-34(5,6)39(21-24)31(42)45-33(2,3)4/h11-14,18-19,24H,7-10,15-17,21H2,1-6H3,(H,37,38,41)/t24-/m1/s1. The second kappa shape index (κ2) is 13.9. The van der Waals surface area contributed by atoms with Crippen LogP contribution in [0.4, 0.5) is 15.4 Å². The third kappa shape index (κ3) is 8.14. The topological polar surface area (TPSA) is 127 Å². The molecule has 1 atom stereocenters. The molecule has 1 saturated heterocycles. The number of hydrogen-bond acceptors (Lipinski definition) is 7. The van der Waals surface area contributed by atoms with E-state index in [1.165, 1.54) is 0 Å². The van der Waals surface area contributed by atoms with Gasteiger partial charge in [0.05, 0.1) is 29.7 Å². The molecule has 1 aliphatic heterocycles. The van der Waals surface area contributed by atoms with Crippen molar-refractivity contribution in [3.63, 3.8) is 0 Å². The monoisotopic (exact) mass is 635 g/mol. The molecule has 1 fully saturated rings. The van der Waals surface area contributed by atoms with E-state index in [-0.39, 0.29) is 24.9 Å². The Kier molecular flexibility index (Phi) is 10.4. The first-order valence-corrected chi connectivity index (χ1v) is 15.8. The molecule has 1 aliphatic rings. The summed E-state index contributed by atoms with van der Waals surface area (Å²) in [6, 6.07) is 12.4. The molecule has 240 valence electrons. The largest absolute Gasteiger partial charge is 0.448 e. The third-order valence-corrected chi connectivity index (χ3v) is 8.28. The summed E-state index contributed by atoms with van der Waals surface area (Å²) in [7, 11) is 0. The number of carbonyl (C=O) groups excluding carboxylic acids is 3. The molecule has 0 aliphatic carbocycles. The van der Waals surface area contributed by atoms with E-state index in [0.29, 0.717) is 45.5 Å². The van der Waals surface area contributed by atoms with E-state index in [1.807, 2.05) is 34.6 Å². The van der Waals surface area contributed by atoms with Crippen LogP contribution >= 0.6 is 11.6 Å². The van der Waals surface area contributed by atoms with Crippen LogP contribution in [0.1, 0.15) is 85.6 Å². The van der Waals surface area contributed by atoms with Gasteiger partial charge in [0, 0.05) is 28.1 Å². The number of nitriles is 1. The van der Waals surface area contributed by atoms with Crippen molar-refractivity contribution < 1.29 is 23.9 Å². The summed E-state index contributed by atoms with van der Waals surface area (Å²) in [4.78, 5) is 41.5. The van der Waals surface area contributed by atoms with Crippen molar-refractivity contribution in [2.24, 2.45) is 5.92 Å². The fourth-order valence-corrected chi connectivity index (χ4v) is 5.60. The molecule has 1 N–H and O–H groups in total. The Morgan fingerprint density at radius 3 is 2.56 bits per heavy atom. The van der Waals surface area contributed by atoms with E-state index in [2.05, 4.69) is 23.4 Å². The zero-order valence-electron chi connectivity index (χ0n) is 26.9. The van der Waals surface area contributed by atoms with Crippen molar-refractivity contribution in [2.75, 3.05) is 18.5 Å². The number of carbonyl (C=O) groups is 3. The van der Waals surface area contributed by atoms with E-state index in [0.717, 1.165) is 30.4 Å². The van der Waals surface area contributed by atoms with Gasteiger partial charge < -0.3 is 19.7 Å². The van der Waals surface area contributed by atoms with Crippen LogP contribution < -0.4 is 5.32 Å². The average Bonchev–Trinajstić information content (AvgIpc) is 3.33. The summed E-state index contributed by atoms with van der Waals surface area (Å²) < 4.78 is 12.3. The van der Waals surface area contributed by atoms with Crippen molar-refractivity contribution in [3.8, 4) is 17.2 Å². The highest BCUT2D eigenvalue weighted by atomic mass is 35.5. The van der Waals surface area contributed by atoms with Crippen molar-refractivity contribution >= 4 is 46.4 Å². The molecule has 3 aromatic rings. The van der Waals surface area contributed by atoms with E-state index in [9.17, 15) is 19.6 Å². The van der Waals surface area contributed by atoms with Crippen LogP contribution in [0.15, 0.2) is 36.4 Å². The molecule has 45 heavy (non-hydrogen) atoms. The van der Waals surface area contributed by atoms with Gasteiger partial charge in [-0.3, -0.25) is 4.79 Å². The lowest BCUT2D eigenvalue weighted by atomic mass is 9.84. The quantitative estimate of drug-likeness (QED) is 0.247. The van der Waals surface area contributed by atoms with Gasteiger partial charge in [0.25, 0.3) is 0 Å². The number of benzene rings is 2. The average molecular weight is 636 g/mol.